The molecule has 0 fully saturated rings. The van der Waals surface area contributed by atoms with Crippen LogP contribution in [0.15, 0.2) is 48.5 Å². The summed E-state index contributed by atoms with van der Waals surface area (Å²) in [5.74, 6) is 1.57. The summed E-state index contributed by atoms with van der Waals surface area (Å²) in [5, 5.41) is 12.6. The van der Waals surface area contributed by atoms with Crippen LogP contribution in [0.25, 0.3) is 22.6 Å². The molecule has 132 valence electrons. The third-order valence-electron chi connectivity index (χ3n) is 4.83. The maximum atomic E-state index is 9.26. The highest BCUT2D eigenvalue weighted by molar-refractivity contribution is 5.75. The van der Waals surface area contributed by atoms with Crippen LogP contribution in [0.2, 0.25) is 0 Å². The molecule has 0 saturated carbocycles. The van der Waals surface area contributed by atoms with Crippen molar-refractivity contribution in [2.45, 2.75) is 26.2 Å². The standard InChI is InChI=1S/C22H23N3O/c1-15-6-4-9-17(14-15)21-24-20-18-10-3-2-7-16(18)8-5-11-19(20)22(25-21)23-12-13-26/h2-4,6-7,9-10,14,26H,5,8,11-13H2,1H3,(H,23,24,25). The van der Waals surface area contributed by atoms with Crippen molar-refractivity contribution in [3.8, 4) is 22.6 Å². The molecule has 4 nitrogen and oxygen atoms in total. The van der Waals surface area contributed by atoms with Crippen LogP contribution < -0.4 is 5.32 Å². The molecule has 0 saturated heterocycles. The number of aryl methyl sites for hydroxylation is 2. The van der Waals surface area contributed by atoms with Crippen molar-refractivity contribution in [2.24, 2.45) is 0 Å². The van der Waals surface area contributed by atoms with Crippen molar-refractivity contribution in [3.05, 3.63) is 65.2 Å². The molecule has 1 heterocycles. The maximum absolute atomic E-state index is 9.26. The van der Waals surface area contributed by atoms with Crippen LogP contribution >= 0.6 is 0 Å². The molecule has 3 aromatic rings. The highest BCUT2D eigenvalue weighted by Gasteiger charge is 2.21. The minimum atomic E-state index is 0.0785. The van der Waals surface area contributed by atoms with E-state index in [2.05, 4.69) is 48.6 Å². The van der Waals surface area contributed by atoms with Gasteiger partial charge in [-0.05, 0) is 37.8 Å². The lowest BCUT2D eigenvalue weighted by Crippen LogP contribution is -2.12. The Labute approximate surface area is 154 Å². The van der Waals surface area contributed by atoms with Crippen molar-refractivity contribution in [3.63, 3.8) is 0 Å². The first-order valence-corrected chi connectivity index (χ1v) is 9.17. The van der Waals surface area contributed by atoms with E-state index in [1.54, 1.807) is 0 Å². The summed E-state index contributed by atoms with van der Waals surface area (Å²) in [6.07, 6.45) is 3.06. The Balaban J connectivity index is 1.93. The highest BCUT2D eigenvalue weighted by atomic mass is 16.3. The first-order chi connectivity index (χ1) is 12.8. The Hall–Kier alpha value is -2.72. The molecule has 1 aliphatic carbocycles. The van der Waals surface area contributed by atoms with Crippen LogP contribution in [-0.2, 0) is 12.8 Å². The zero-order valence-corrected chi connectivity index (χ0v) is 15.0. The largest absolute Gasteiger partial charge is 0.395 e. The summed E-state index contributed by atoms with van der Waals surface area (Å²) in [6.45, 7) is 2.64. The fourth-order valence-electron chi connectivity index (χ4n) is 3.60. The van der Waals surface area contributed by atoms with Gasteiger partial charge in [0.15, 0.2) is 5.82 Å². The number of hydrogen-bond donors (Lipinski definition) is 2. The molecule has 2 N–H and O–H groups in total. The first-order valence-electron chi connectivity index (χ1n) is 9.17. The molecule has 4 rings (SSSR count). The Kier molecular flexibility index (Phi) is 4.67. The molecule has 26 heavy (non-hydrogen) atoms. The lowest BCUT2D eigenvalue weighted by molar-refractivity contribution is 0.311. The SMILES string of the molecule is Cc1cccc(-c2nc(NCCO)c3c(n2)-c2ccccc2CCC3)c1. The molecule has 4 heteroatoms. The molecule has 1 aromatic heterocycles. The predicted octanol–water partition coefficient (Wildman–Crippen LogP) is 4.01. The zero-order valence-electron chi connectivity index (χ0n) is 15.0. The number of aromatic nitrogens is 2. The molecule has 0 amide bonds. The quantitative estimate of drug-likeness (QED) is 0.750. The maximum Gasteiger partial charge on any atom is 0.162 e. The van der Waals surface area contributed by atoms with Gasteiger partial charge in [-0.15, -0.1) is 0 Å². The van der Waals surface area contributed by atoms with Crippen molar-refractivity contribution in [1.82, 2.24) is 9.97 Å². The smallest absolute Gasteiger partial charge is 0.162 e. The average molecular weight is 345 g/mol. The van der Waals surface area contributed by atoms with Gasteiger partial charge in [0, 0.05) is 23.2 Å². The van der Waals surface area contributed by atoms with Gasteiger partial charge in [0.05, 0.1) is 12.3 Å². The van der Waals surface area contributed by atoms with Crippen molar-refractivity contribution in [1.29, 1.82) is 0 Å². The van der Waals surface area contributed by atoms with Gasteiger partial charge in [-0.1, -0.05) is 48.0 Å². The second-order valence-electron chi connectivity index (χ2n) is 6.75. The van der Waals surface area contributed by atoms with Gasteiger partial charge in [-0.3, -0.25) is 0 Å². The third-order valence-corrected chi connectivity index (χ3v) is 4.83. The van der Waals surface area contributed by atoms with Crippen LogP contribution in [0.5, 0.6) is 0 Å². The van der Waals surface area contributed by atoms with Gasteiger partial charge >= 0.3 is 0 Å². The number of hydrogen-bond acceptors (Lipinski definition) is 4. The molecule has 0 bridgehead atoms. The van der Waals surface area contributed by atoms with E-state index in [-0.39, 0.29) is 6.61 Å². The van der Waals surface area contributed by atoms with Crippen LogP contribution in [0.3, 0.4) is 0 Å². The summed E-state index contributed by atoms with van der Waals surface area (Å²) in [7, 11) is 0. The number of anilines is 1. The molecule has 0 atom stereocenters. The van der Waals surface area contributed by atoms with E-state index in [1.165, 1.54) is 16.7 Å². The molecule has 1 aliphatic rings. The average Bonchev–Trinajstić information content (AvgIpc) is 2.85. The van der Waals surface area contributed by atoms with E-state index in [9.17, 15) is 5.11 Å². The Bertz CT molecular complexity index is 936. The van der Waals surface area contributed by atoms with Crippen molar-refractivity contribution < 1.29 is 5.11 Å². The Morgan fingerprint density at radius 3 is 2.77 bits per heavy atom. The lowest BCUT2D eigenvalue weighted by atomic mass is 10.0. The topological polar surface area (TPSA) is 58.0 Å². The molecule has 0 radical (unpaired) electrons. The van der Waals surface area contributed by atoms with E-state index in [4.69, 9.17) is 9.97 Å². The molecular formula is C22H23N3O. The second kappa shape index (κ2) is 7.26. The van der Waals surface area contributed by atoms with Crippen LogP contribution in [0, 0.1) is 6.92 Å². The fraction of sp³-hybridized carbons (Fsp3) is 0.273. The summed E-state index contributed by atoms with van der Waals surface area (Å²) < 4.78 is 0. The summed E-state index contributed by atoms with van der Waals surface area (Å²) in [4.78, 5) is 9.80. The van der Waals surface area contributed by atoms with Crippen LogP contribution in [0.1, 0.15) is 23.1 Å². The van der Waals surface area contributed by atoms with E-state index >= 15 is 0 Å². The Morgan fingerprint density at radius 1 is 1.04 bits per heavy atom. The van der Waals surface area contributed by atoms with E-state index < -0.39 is 0 Å². The first kappa shape index (κ1) is 16.7. The number of rotatable bonds is 4. The molecule has 0 spiro atoms. The number of nitrogens with one attached hydrogen (secondary N) is 1. The number of aliphatic hydroxyl groups excluding tert-OH is 1. The fourth-order valence-corrected chi connectivity index (χ4v) is 3.60. The Morgan fingerprint density at radius 2 is 1.92 bits per heavy atom. The molecular weight excluding hydrogens is 322 g/mol. The van der Waals surface area contributed by atoms with E-state index in [0.29, 0.717) is 6.54 Å². The van der Waals surface area contributed by atoms with E-state index in [0.717, 1.165) is 47.7 Å². The van der Waals surface area contributed by atoms with Gasteiger partial charge in [-0.2, -0.15) is 0 Å². The van der Waals surface area contributed by atoms with E-state index in [1.807, 2.05) is 12.1 Å². The molecule has 0 unspecified atom stereocenters. The van der Waals surface area contributed by atoms with Gasteiger partial charge < -0.3 is 10.4 Å². The van der Waals surface area contributed by atoms with Crippen molar-refractivity contribution >= 4 is 5.82 Å². The second-order valence-corrected chi connectivity index (χ2v) is 6.75. The molecule has 0 aliphatic heterocycles. The van der Waals surface area contributed by atoms with Gasteiger partial charge in [0.2, 0.25) is 0 Å². The predicted molar refractivity (Wildman–Crippen MR) is 105 cm³/mol. The lowest BCUT2D eigenvalue weighted by Gasteiger charge is -2.16. The number of aliphatic hydroxyl groups is 1. The number of fused-ring (bicyclic) bond motifs is 3. The normalized spacial score (nSPS) is 12.8. The van der Waals surface area contributed by atoms with Crippen LogP contribution in [-0.4, -0.2) is 28.2 Å². The summed E-state index contributed by atoms with van der Waals surface area (Å²) in [5.41, 5.74) is 6.91. The third kappa shape index (κ3) is 3.20. The molecule has 2 aromatic carbocycles. The van der Waals surface area contributed by atoms with Gasteiger partial charge in [0.25, 0.3) is 0 Å². The van der Waals surface area contributed by atoms with Crippen molar-refractivity contribution in [2.75, 3.05) is 18.5 Å². The monoisotopic (exact) mass is 345 g/mol. The summed E-state index contributed by atoms with van der Waals surface area (Å²) >= 11 is 0. The van der Waals surface area contributed by atoms with Crippen LogP contribution in [0.4, 0.5) is 5.82 Å². The summed E-state index contributed by atoms with van der Waals surface area (Å²) in [6, 6.07) is 16.8. The zero-order chi connectivity index (χ0) is 17.9. The minimum Gasteiger partial charge on any atom is -0.395 e. The minimum absolute atomic E-state index is 0.0785. The van der Waals surface area contributed by atoms with Gasteiger partial charge in [-0.25, -0.2) is 9.97 Å². The number of benzene rings is 2. The number of nitrogens with zero attached hydrogens (tertiary/aromatic N) is 2. The van der Waals surface area contributed by atoms with Gasteiger partial charge in [0.1, 0.15) is 5.82 Å². The highest BCUT2D eigenvalue weighted by Crippen LogP contribution is 2.35.